The Kier molecular flexibility index (Phi) is 5.35. The number of hydrogen-bond donors (Lipinski definition) is 0. The lowest BCUT2D eigenvalue weighted by atomic mass is 10.2. The second kappa shape index (κ2) is 7.24. The lowest BCUT2D eigenvalue weighted by Gasteiger charge is -2.26. The Hall–Kier alpha value is -1.62. The van der Waals surface area contributed by atoms with Crippen molar-refractivity contribution < 1.29 is 9.53 Å². The molecule has 0 spiro atoms. The van der Waals surface area contributed by atoms with Gasteiger partial charge in [-0.3, -0.25) is 4.79 Å². The third kappa shape index (κ3) is 3.70. The van der Waals surface area contributed by atoms with Gasteiger partial charge in [-0.1, -0.05) is 13.3 Å². The molecule has 5 nitrogen and oxygen atoms in total. The summed E-state index contributed by atoms with van der Waals surface area (Å²) in [5, 5.41) is 0. The van der Waals surface area contributed by atoms with Crippen molar-refractivity contribution in [2.45, 2.75) is 19.8 Å². The van der Waals surface area contributed by atoms with Gasteiger partial charge in [-0.25, -0.2) is 4.98 Å². The predicted molar refractivity (Wildman–Crippen MR) is 79.1 cm³/mol. The van der Waals surface area contributed by atoms with E-state index in [4.69, 9.17) is 4.74 Å². The van der Waals surface area contributed by atoms with Crippen LogP contribution >= 0.6 is 0 Å². The second-order valence-corrected chi connectivity index (χ2v) is 5.08. The summed E-state index contributed by atoms with van der Waals surface area (Å²) in [6.07, 6.45) is 4.11. The minimum Gasteiger partial charge on any atom is -0.378 e. The van der Waals surface area contributed by atoms with Crippen molar-refractivity contribution in [3.63, 3.8) is 0 Å². The molecular weight excluding hydrogens is 254 g/mol. The fourth-order valence-electron chi connectivity index (χ4n) is 2.19. The fourth-order valence-corrected chi connectivity index (χ4v) is 2.19. The highest BCUT2D eigenvalue weighted by Gasteiger charge is 2.19. The molecule has 0 aromatic carbocycles. The van der Waals surface area contributed by atoms with Gasteiger partial charge in [-0.15, -0.1) is 0 Å². The Bertz CT molecular complexity index is 427. The van der Waals surface area contributed by atoms with Gasteiger partial charge in [0, 0.05) is 26.7 Å². The maximum Gasteiger partial charge on any atom is 0.272 e. The van der Waals surface area contributed by atoms with Gasteiger partial charge < -0.3 is 14.5 Å². The number of unbranched alkanes of at least 4 members (excludes halogenated alkanes) is 1. The van der Waals surface area contributed by atoms with E-state index in [1.165, 1.54) is 6.42 Å². The van der Waals surface area contributed by atoms with Crippen molar-refractivity contribution in [2.24, 2.45) is 0 Å². The molecule has 5 heteroatoms. The van der Waals surface area contributed by atoms with Gasteiger partial charge in [-0.2, -0.15) is 0 Å². The number of nitrogens with zero attached hydrogens (tertiary/aromatic N) is 3. The summed E-state index contributed by atoms with van der Waals surface area (Å²) in [5.74, 6) is -0.00365. The van der Waals surface area contributed by atoms with E-state index in [0.29, 0.717) is 32.0 Å². The summed E-state index contributed by atoms with van der Waals surface area (Å²) in [6, 6.07) is 3.78. The van der Waals surface area contributed by atoms with Crippen LogP contribution in [0.2, 0.25) is 0 Å². The Morgan fingerprint density at radius 3 is 2.75 bits per heavy atom. The van der Waals surface area contributed by atoms with Gasteiger partial charge in [0.05, 0.1) is 25.1 Å². The minimum atomic E-state index is -0.00365. The van der Waals surface area contributed by atoms with Crippen LogP contribution in [0.5, 0.6) is 0 Å². The smallest absolute Gasteiger partial charge is 0.272 e. The molecule has 0 unspecified atom stereocenters. The van der Waals surface area contributed by atoms with Crippen LogP contribution in [0.3, 0.4) is 0 Å². The van der Waals surface area contributed by atoms with E-state index in [0.717, 1.165) is 18.7 Å². The van der Waals surface area contributed by atoms with Crippen molar-refractivity contribution in [1.29, 1.82) is 0 Å². The molecule has 1 aromatic rings. The Morgan fingerprint density at radius 1 is 1.40 bits per heavy atom. The number of amides is 1. The standard InChI is InChI=1S/C15H23N3O2/c1-3-4-7-17(2)13-5-6-14(16-12-13)15(19)18-8-10-20-11-9-18/h5-6,12H,3-4,7-11H2,1-2H3. The molecular formula is C15H23N3O2. The monoisotopic (exact) mass is 277 g/mol. The molecule has 0 N–H and O–H groups in total. The van der Waals surface area contributed by atoms with Gasteiger partial charge in [0.1, 0.15) is 5.69 Å². The normalized spacial score (nSPS) is 15.2. The van der Waals surface area contributed by atoms with Gasteiger partial charge in [0.25, 0.3) is 5.91 Å². The number of rotatable bonds is 5. The van der Waals surface area contributed by atoms with Crippen LogP contribution in [0.4, 0.5) is 5.69 Å². The lowest BCUT2D eigenvalue weighted by Crippen LogP contribution is -2.41. The Morgan fingerprint density at radius 2 is 2.15 bits per heavy atom. The van der Waals surface area contributed by atoms with Crippen LogP contribution in [0.1, 0.15) is 30.3 Å². The largest absolute Gasteiger partial charge is 0.378 e. The molecule has 2 rings (SSSR count). The molecule has 1 saturated heterocycles. The fraction of sp³-hybridized carbons (Fsp3) is 0.600. The number of carbonyl (C=O) groups excluding carboxylic acids is 1. The zero-order valence-electron chi connectivity index (χ0n) is 12.3. The van der Waals surface area contributed by atoms with E-state index in [-0.39, 0.29) is 5.91 Å². The molecule has 0 atom stereocenters. The summed E-state index contributed by atoms with van der Waals surface area (Å²) < 4.78 is 5.25. The number of hydrogen-bond acceptors (Lipinski definition) is 4. The average Bonchev–Trinajstić information content (AvgIpc) is 2.53. The summed E-state index contributed by atoms with van der Waals surface area (Å²) in [4.78, 5) is 20.5. The highest BCUT2D eigenvalue weighted by Crippen LogP contribution is 2.13. The average molecular weight is 277 g/mol. The maximum absolute atomic E-state index is 12.2. The van der Waals surface area contributed by atoms with E-state index < -0.39 is 0 Å². The third-order valence-electron chi connectivity index (χ3n) is 3.55. The predicted octanol–water partition coefficient (Wildman–Crippen LogP) is 1.79. The summed E-state index contributed by atoms with van der Waals surface area (Å²) in [7, 11) is 2.05. The van der Waals surface area contributed by atoms with Crippen LogP contribution in [0, 0.1) is 0 Å². The van der Waals surface area contributed by atoms with Crippen molar-refractivity contribution in [2.75, 3.05) is 44.8 Å². The molecule has 0 aliphatic carbocycles. The molecule has 1 amide bonds. The molecule has 20 heavy (non-hydrogen) atoms. The van der Waals surface area contributed by atoms with E-state index in [2.05, 4.69) is 23.9 Å². The first kappa shape index (κ1) is 14.8. The highest BCUT2D eigenvalue weighted by molar-refractivity contribution is 5.92. The molecule has 2 heterocycles. The summed E-state index contributed by atoms with van der Waals surface area (Å²) >= 11 is 0. The SMILES string of the molecule is CCCCN(C)c1ccc(C(=O)N2CCOCC2)nc1. The number of ether oxygens (including phenoxy) is 1. The zero-order valence-corrected chi connectivity index (χ0v) is 12.3. The number of aromatic nitrogens is 1. The first-order valence-corrected chi connectivity index (χ1v) is 7.26. The van der Waals surface area contributed by atoms with Crippen molar-refractivity contribution in [1.82, 2.24) is 9.88 Å². The first-order chi connectivity index (χ1) is 9.72. The summed E-state index contributed by atoms with van der Waals surface area (Å²) in [5.41, 5.74) is 1.57. The molecule has 1 aromatic heterocycles. The first-order valence-electron chi connectivity index (χ1n) is 7.26. The van der Waals surface area contributed by atoms with E-state index >= 15 is 0 Å². The van der Waals surface area contributed by atoms with Gasteiger partial charge >= 0.3 is 0 Å². The van der Waals surface area contributed by atoms with E-state index in [1.54, 1.807) is 11.1 Å². The quantitative estimate of drug-likeness (QED) is 0.823. The molecule has 1 aliphatic heterocycles. The maximum atomic E-state index is 12.2. The molecule has 0 radical (unpaired) electrons. The van der Waals surface area contributed by atoms with Crippen LogP contribution in [0.15, 0.2) is 18.3 Å². The third-order valence-corrected chi connectivity index (χ3v) is 3.55. The van der Waals surface area contributed by atoms with Crippen molar-refractivity contribution in [3.8, 4) is 0 Å². The summed E-state index contributed by atoms with van der Waals surface area (Å²) in [6.45, 7) is 5.72. The number of morpholine rings is 1. The van der Waals surface area contributed by atoms with Crippen molar-refractivity contribution >= 4 is 11.6 Å². The molecule has 0 bridgehead atoms. The van der Waals surface area contributed by atoms with E-state index in [1.807, 2.05) is 12.1 Å². The van der Waals surface area contributed by atoms with Gasteiger partial charge in [-0.05, 0) is 18.6 Å². The van der Waals surface area contributed by atoms with Gasteiger partial charge in [0.2, 0.25) is 0 Å². The highest BCUT2D eigenvalue weighted by atomic mass is 16.5. The molecule has 1 fully saturated rings. The van der Waals surface area contributed by atoms with E-state index in [9.17, 15) is 4.79 Å². The number of pyridine rings is 1. The van der Waals surface area contributed by atoms with Crippen LogP contribution in [-0.4, -0.2) is 55.7 Å². The topological polar surface area (TPSA) is 45.7 Å². The zero-order chi connectivity index (χ0) is 14.4. The molecule has 0 saturated carbocycles. The van der Waals surface area contributed by atoms with Gasteiger partial charge in [0.15, 0.2) is 0 Å². The molecule has 1 aliphatic rings. The van der Waals surface area contributed by atoms with Crippen LogP contribution in [0.25, 0.3) is 0 Å². The Balaban J connectivity index is 1.98. The molecule has 110 valence electrons. The minimum absolute atomic E-state index is 0.00365. The van der Waals surface area contributed by atoms with Crippen LogP contribution in [-0.2, 0) is 4.74 Å². The van der Waals surface area contributed by atoms with Crippen molar-refractivity contribution in [3.05, 3.63) is 24.0 Å². The second-order valence-electron chi connectivity index (χ2n) is 5.08. The van der Waals surface area contributed by atoms with Crippen LogP contribution < -0.4 is 4.90 Å². The lowest BCUT2D eigenvalue weighted by molar-refractivity contribution is 0.0299. The Labute approximate surface area is 120 Å². The number of carbonyl (C=O) groups is 1. The number of anilines is 1.